The Kier molecular flexibility index (Phi) is 4.79. The Morgan fingerprint density at radius 3 is 1.25 bits per heavy atom. The lowest BCUT2D eigenvalue weighted by Gasteiger charge is -2.21. The second kappa shape index (κ2) is 5.07. The minimum absolute atomic E-state index is 0.597. The summed E-state index contributed by atoms with van der Waals surface area (Å²) in [6.45, 7) is 8.90. The number of hydrogen-bond donors (Lipinski definition) is 2. The van der Waals surface area contributed by atoms with Crippen LogP contribution in [0, 0.1) is 11.8 Å². The highest BCUT2D eigenvalue weighted by Gasteiger charge is 2.12. The van der Waals surface area contributed by atoms with Crippen molar-refractivity contribution in [2.45, 2.75) is 27.7 Å². The van der Waals surface area contributed by atoms with E-state index in [0.29, 0.717) is 11.8 Å². The van der Waals surface area contributed by atoms with Gasteiger partial charge in [-0.15, -0.1) is 0 Å². The summed E-state index contributed by atoms with van der Waals surface area (Å²) in [6.07, 6.45) is 0. The molecule has 0 amide bonds. The van der Waals surface area contributed by atoms with Crippen molar-refractivity contribution in [1.82, 2.24) is 10.6 Å². The molecule has 72 valence electrons. The van der Waals surface area contributed by atoms with Crippen LogP contribution in [-0.4, -0.2) is 14.1 Å². The molecule has 0 fully saturated rings. The monoisotopic (exact) mass is 170 g/mol. The summed E-state index contributed by atoms with van der Waals surface area (Å²) < 4.78 is 0. The predicted molar refractivity (Wildman–Crippen MR) is 54.8 cm³/mol. The fourth-order valence-electron chi connectivity index (χ4n) is 1.66. The van der Waals surface area contributed by atoms with E-state index < -0.39 is 0 Å². The first kappa shape index (κ1) is 11.3. The fraction of sp³-hybridized carbons (Fsp3) is 0.800. The largest absolute Gasteiger partial charge is 0.375 e. The Labute approximate surface area is 76.4 Å². The average Bonchev–Trinajstić information content (AvgIpc) is 1.98. The molecule has 0 aliphatic rings. The van der Waals surface area contributed by atoms with Crippen LogP contribution < -0.4 is 10.6 Å². The molecule has 0 aliphatic heterocycles. The third-order valence-electron chi connectivity index (χ3n) is 2.03. The van der Waals surface area contributed by atoms with E-state index in [1.807, 2.05) is 14.1 Å². The molecule has 0 unspecified atom stereocenters. The lowest BCUT2D eigenvalue weighted by atomic mass is 9.92. The quantitative estimate of drug-likeness (QED) is 0.674. The highest BCUT2D eigenvalue weighted by molar-refractivity contribution is 5.14. The van der Waals surface area contributed by atoms with Crippen LogP contribution in [0.15, 0.2) is 11.4 Å². The van der Waals surface area contributed by atoms with Crippen LogP contribution in [0.4, 0.5) is 0 Å². The molecule has 0 spiro atoms. The van der Waals surface area contributed by atoms with E-state index in [2.05, 4.69) is 38.3 Å². The first-order valence-electron chi connectivity index (χ1n) is 4.64. The molecule has 0 rings (SSSR count). The van der Waals surface area contributed by atoms with Crippen LogP contribution in [0.2, 0.25) is 0 Å². The molecule has 2 heteroatoms. The summed E-state index contributed by atoms with van der Waals surface area (Å²) in [6, 6.07) is 0. The van der Waals surface area contributed by atoms with E-state index in [9.17, 15) is 0 Å². The Bertz CT molecular complexity index is 141. The van der Waals surface area contributed by atoms with E-state index in [1.54, 1.807) is 0 Å². The summed E-state index contributed by atoms with van der Waals surface area (Å²) in [7, 11) is 3.91. The molecule has 12 heavy (non-hydrogen) atoms. The maximum atomic E-state index is 3.18. The van der Waals surface area contributed by atoms with Crippen molar-refractivity contribution in [2.24, 2.45) is 11.8 Å². The van der Waals surface area contributed by atoms with Crippen molar-refractivity contribution in [3.05, 3.63) is 11.4 Å². The molecule has 0 radical (unpaired) electrons. The number of hydrogen-bond acceptors (Lipinski definition) is 2. The Morgan fingerprint density at radius 1 is 0.833 bits per heavy atom. The first-order chi connectivity index (χ1) is 5.54. The predicted octanol–water partition coefficient (Wildman–Crippen LogP) is 1.95. The van der Waals surface area contributed by atoms with Crippen LogP contribution in [-0.2, 0) is 0 Å². The van der Waals surface area contributed by atoms with E-state index in [4.69, 9.17) is 0 Å². The van der Waals surface area contributed by atoms with Crippen LogP contribution in [0.5, 0.6) is 0 Å². The van der Waals surface area contributed by atoms with Gasteiger partial charge in [-0.25, -0.2) is 0 Å². The van der Waals surface area contributed by atoms with Gasteiger partial charge in [0.2, 0.25) is 0 Å². The minimum atomic E-state index is 0.597. The van der Waals surface area contributed by atoms with Crippen molar-refractivity contribution in [3.8, 4) is 0 Å². The SMILES string of the molecule is CNC(NC)=C(C(C)C)C(C)C. The highest BCUT2D eigenvalue weighted by Crippen LogP contribution is 2.20. The zero-order valence-corrected chi connectivity index (χ0v) is 9.15. The van der Waals surface area contributed by atoms with Gasteiger partial charge in [0.05, 0.1) is 5.82 Å². The third kappa shape index (κ3) is 2.76. The van der Waals surface area contributed by atoms with Gasteiger partial charge in [-0.3, -0.25) is 0 Å². The van der Waals surface area contributed by atoms with E-state index >= 15 is 0 Å². The van der Waals surface area contributed by atoms with Gasteiger partial charge >= 0.3 is 0 Å². The Morgan fingerprint density at radius 2 is 1.17 bits per heavy atom. The van der Waals surface area contributed by atoms with Gasteiger partial charge in [0.1, 0.15) is 0 Å². The smallest absolute Gasteiger partial charge is 0.0978 e. The summed E-state index contributed by atoms with van der Waals surface area (Å²) in [5.41, 5.74) is 1.46. The van der Waals surface area contributed by atoms with Gasteiger partial charge < -0.3 is 10.6 Å². The zero-order valence-electron chi connectivity index (χ0n) is 9.15. The highest BCUT2D eigenvalue weighted by atomic mass is 15.1. The molecule has 0 bridgehead atoms. The molecular formula is C10H22N2. The molecule has 0 saturated carbocycles. The minimum Gasteiger partial charge on any atom is -0.375 e. The van der Waals surface area contributed by atoms with Crippen LogP contribution in [0.25, 0.3) is 0 Å². The molecule has 0 heterocycles. The molecular weight excluding hydrogens is 148 g/mol. The number of rotatable bonds is 4. The molecule has 0 aliphatic carbocycles. The molecule has 0 saturated heterocycles. The first-order valence-corrected chi connectivity index (χ1v) is 4.64. The maximum Gasteiger partial charge on any atom is 0.0978 e. The van der Waals surface area contributed by atoms with E-state index in [1.165, 1.54) is 11.4 Å². The molecule has 0 atom stereocenters. The second-order valence-corrected chi connectivity index (χ2v) is 3.64. The average molecular weight is 170 g/mol. The van der Waals surface area contributed by atoms with Crippen LogP contribution in [0.3, 0.4) is 0 Å². The van der Waals surface area contributed by atoms with E-state index in [0.717, 1.165) is 0 Å². The van der Waals surface area contributed by atoms with Crippen LogP contribution >= 0.6 is 0 Å². The van der Waals surface area contributed by atoms with Crippen molar-refractivity contribution in [1.29, 1.82) is 0 Å². The van der Waals surface area contributed by atoms with Gasteiger partial charge in [-0.2, -0.15) is 0 Å². The van der Waals surface area contributed by atoms with Gasteiger partial charge in [0, 0.05) is 14.1 Å². The Hall–Kier alpha value is -0.660. The molecule has 0 aromatic carbocycles. The van der Waals surface area contributed by atoms with Gasteiger partial charge in [0.25, 0.3) is 0 Å². The lowest BCUT2D eigenvalue weighted by molar-refractivity contribution is 0.588. The molecule has 2 N–H and O–H groups in total. The van der Waals surface area contributed by atoms with Gasteiger partial charge in [-0.1, -0.05) is 27.7 Å². The summed E-state index contributed by atoms with van der Waals surface area (Å²) >= 11 is 0. The standard InChI is InChI=1S/C10H22N2/c1-7(2)9(8(3)4)10(11-5)12-6/h7-8,11-12H,1-6H3. The molecule has 0 aromatic heterocycles. The maximum absolute atomic E-state index is 3.18. The van der Waals surface area contributed by atoms with Crippen LogP contribution in [0.1, 0.15) is 27.7 Å². The van der Waals surface area contributed by atoms with Crippen molar-refractivity contribution >= 4 is 0 Å². The second-order valence-electron chi connectivity index (χ2n) is 3.64. The molecule has 0 aromatic rings. The number of allylic oxidation sites excluding steroid dienone is 1. The van der Waals surface area contributed by atoms with E-state index in [-0.39, 0.29) is 0 Å². The van der Waals surface area contributed by atoms with Gasteiger partial charge in [-0.05, 0) is 17.4 Å². The Balaban J connectivity index is 4.76. The third-order valence-corrected chi connectivity index (χ3v) is 2.03. The lowest BCUT2D eigenvalue weighted by Crippen LogP contribution is -2.25. The van der Waals surface area contributed by atoms with Crippen molar-refractivity contribution < 1.29 is 0 Å². The normalized spacial score (nSPS) is 10.3. The summed E-state index contributed by atoms with van der Waals surface area (Å²) in [5, 5.41) is 6.37. The number of nitrogens with one attached hydrogen (secondary N) is 2. The van der Waals surface area contributed by atoms with Gasteiger partial charge in [0.15, 0.2) is 0 Å². The van der Waals surface area contributed by atoms with Crippen molar-refractivity contribution in [2.75, 3.05) is 14.1 Å². The van der Waals surface area contributed by atoms with Crippen molar-refractivity contribution in [3.63, 3.8) is 0 Å². The molecule has 2 nitrogen and oxygen atoms in total. The topological polar surface area (TPSA) is 24.1 Å². The fourth-order valence-corrected chi connectivity index (χ4v) is 1.66. The summed E-state index contributed by atoms with van der Waals surface area (Å²) in [5.74, 6) is 2.36. The zero-order chi connectivity index (χ0) is 9.72. The summed E-state index contributed by atoms with van der Waals surface area (Å²) in [4.78, 5) is 0.